The summed E-state index contributed by atoms with van der Waals surface area (Å²) < 4.78 is 5.48. The Hall–Kier alpha value is -0.200. The van der Waals surface area contributed by atoms with Crippen molar-refractivity contribution in [2.24, 2.45) is 0 Å². The second kappa shape index (κ2) is 10.6. The van der Waals surface area contributed by atoms with E-state index in [1.807, 2.05) is 0 Å². The summed E-state index contributed by atoms with van der Waals surface area (Å²) in [5.74, 6) is 0. The van der Waals surface area contributed by atoms with E-state index in [-0.39, 0.29) is 0 Å². The number of aliphatic hydroxyl groups excluding tert-OH is 1. The van der Waals surface area contributed by atoms with Crippen molar-refractivity contribution in [3.8, 4) is 0 Å². The summed E-state index contributed by atoms with van der Waals surface area (Å²) in [5.41, 5.74) is 3.28. The van der Waals surface area contributed by atoms with Gasteiger partial charge in [-0.25, -0.2) is 5.01 Å². The highest BCUT2D eigenvalue weighted by Gasteiger charge is 2.14. The fourth-order valence-electron chi connectivity index (χ4n) is 2.11. The zero-order valence-electron chi connectivity index (χ0n) is 12.6. The van der Waals surface area contributed by atoms with E-state index in [1.54, 1.807) is 0 Å². The standard InChI is InChI=1S/C14H31N3O2/c1-3-4-5-6-11-19-13-14(18)12-15-17-9-7-16(2)8-10-17/h14-15,18H,3-13H2,1-2H3. The lowest BCUT2D eigenvalue weighted by molar-refractivity contribution is 0.0161. The Kier molecular flexibility index (Phi) is 9.38. The highest BCUT2D eigenvalue weighted by Crippen LogP contribution is 1.99. The van der Waals surface area contributed by atoms with Crippen molar-refractivity contribution in [1.29, 1.82) is 0 Å². The molecule has 1 rings (SSSR count). The number of rotatable bonds is 10. The first-order valence-corrected chi connectivity index (χ1v) is 7.65. The summed E-state index contributed by atoms with van der Waals surface area (Å²) in [5, 5.41) is 12.0. The Labute approximate surface area is 117 Å². The van der Waals surface area contributed by atoms with Gasteiger partial charge in [-0.1, -0.05) is 26.2 Å². The first kappa shape index (κ1) is 16.9. The number of hydrogen-bond donors (Lipinski definition) is 2. The molecule has 0 aliphatic carbocycles. The largest absolute Gasteiger partial charge is 0.389 e. The molecule has 0 aromatic carbocycles. The predicted octanol–water partition coefficient (Wildman–Crippen LogP) is 0.696. The van der Waals surface area contributed by atoms with E-state index in [0.717, 1.165) is 39.2 Å². The third-order valence-electron chi connectivity index (χ3n) is 3.51. The molecular formula is C14H31N3O2. The van der Waals surface area contributed by atoms with Gasteiger partial charge in [0.2, 0.25) is 0 Å². The number of unbranched alkanes of at least 4 members (excludes halogenated alkanes) is 3. The lowest BCUT2D eigenvalue weighted by Crippen LogP contribution is -2.52. The molecule has 2 N–H and O–H groups in total. The zero-order chi connectivity index (χ0) is 13.9. The molecule has 0 amide bonds. The lowest BCUT2D eigenvalue weighted by atomic mass is 10.2. The highest BCUT2D eigenvalue weighted by molar-refractivity contribution is 4.67. The van der Waals surface area contributed by atoms with Crippen LogP contribution in [-0.2, 0) is 4.74 Å². The molecule has 0 saturated carbocycles. The van der Waals surface area contributed by atoms with Crippen LogP contribution in [0.2, 0.25) is 0 Å². The molecule has 114 valence electrons. The van der Waals surface area contributed by atoms with Gasteiger partial charge in [0.05, 0.1) is 12.7 Å². The van der Waals surface area contributed by atoms with Crippen molar-refractivity contribution in [1.82, 2.24) is 15.3 Å². The minimum Gasteiger partial charge on any atom is -0.389 e. The van der Waals surface area contributed by atoms with Gasteiger partial charge in [0.25, 0.3) is 0 Å². The Morgan fingerprint density at radius 1 is 1.16 bits per heavy atom. The van der Waals surface area contributed by atoms with Crippen LogP contribution < -0.4 is 5.43 Å². The zero-order valence-corrected chi connectivity index (χ0v) is 12.6. The summed E-state index contributed by atoms with van der Waals surface area (Å²) in [4.78, 5) is 2.31. The van der Waals surface area contributed by atoms with E-state index in [2.05, 4.69) is 29.3 Å². The van der Waals surface area contributed by atoms with Gasteiger partial charge in [0.15, 0.2) is 0 Å². The molecule has 0 aromatic heterocycles. The molecule has 5 nitrogen and oxygen atoms in total. The van der Waals surface area contributed by atoms with Crippen LogP contribution in [0.25, 0.3) is 0 Å². The molecule has 0 spiro atoms. The number of hydrogen-bond acceptors (Lipinski definition) is 5. The molecule has 1 saturated heterocycles. The molecule has 0 aromatic rings. The topological polar surface area (TPSA) is 48.0 Å². The lowest BCUT2D eigenvalue weighted by Gasteiger charge is -2.33. The third-order valence-corrected chi connectivity index (χ3v) is 3.51. The molecule has 1 aliphatic rings. The number of piperazine rings is 1. The van der Waals surface area contributed by atoms with E-state index in [9.17, 15) is 5.11 Å². The average Bonchev–Trinajstić information content (AvgIpc) is 2.42. The van der Waals surface area contributed by atoms with Gasteiger partial charge in [-0.2, -0.15) is 0 Å². The number of hydrazine groups is 1. The van der Waals surface area contributed by atoms with E-state index in [1.165, 1.54) is 19.3 Å². The van der Waals surface area contributed by atoms with Crippen molar-refractivity contribution < 1.29 is 9.84 Å². The maximum atomic E-state index is 9.81. The average molecular weight is 273 g/mol. The van der Waals surface area contributed by atoms with Crippen molar-refractivity contribution in [2.75, 3.05) is 53.0 Å². The summed E-state index contributed by atoms with van der Waals surface area (Å²) in [7, 11) is 2.14. The van der Waals surface area contributed by atoms with Crippen molar-refractivity contribution >= 4 is 0 Å². The van der Waals surface area contributed by atoms with Crippen molar-refractivity contribution in [2.45, 2.75) is 38.7 Å². The molecule has 1 fully saturated rings. The van der Waals surface area contributed by atoms with E-state index >= 15 is 0 Å². The molecule has 5 heteroatoms. The molecule has 0 radical (unpaired) electrons. The van der Waals surface area contributed by atoms with Crippen LogP contribution in [0.3, 0.4) is 0 Å². The van der Waals surface area contributed by atoms with Gasteiger partial charge in [-0.15, -0.1) is 0 Å². The maximum absolute atomic E-state index is 9.81. The minimum atomic E-state index is -0.411. The van der Waals surface area contributed by atoms with Gasteiger partial charge in [0.1, 0.15) is 0 Å². The number of nitrogens with zero attached hydrogens (tertiary/aromatic N) is 2. The van der Waals surface area contributed by atoms with E-state index in [0.29, 0.717) is 13.2 Å². The van der Waals surface area contributed by atoms with Crippen LogP contribution in [0.5, 0.6) is 0 Å². The number of ether oxygens (including phenoxy) is 1. The minimum absolute atomic E-state index is 0.411. The fraction of sp³-hybridized carbons (Fsp3) is 1.00. The van der Waals surface area contributed by atoms with Crippen LogP contribution in [-0.4, -0.2) is 74.1 Å². The molecule has 1 unspecified atom stereocenters. The molecule has 1 aliphatic heterocycles. The summed E-state index contributed by atoms with van der Waals surface area (Å²) >= 11 is 0. The van der Waals surface area contributed by atoms with E-state index in [4.69, 9.17) is 4.74 Å². The van der Waals surface area contributed by atoms with E-state index < -0.39 is 6.10 Å². The molecule has 0 bridgehead atoms. The molecule has 1 heterocycles. The Morgan fingerprint density at radius 3 is 2.58 bits per heavy atom. The highest BCUT2D eigenvalue weighted by atomic mass is 16.5. The van der Waals surface area contributed by atoms with Gasteiger partial charge in [0, 0.05) is 39.3 Å². The smallest absolute Gasteiger partial charge is 0.0911 e. The maximum Gasteiger partial charge on any atom is 0.0911 e. The second-order valence-electron chi connectivity index (χ2n) is 5.44. The molecule has 1 atom stereocenters. The predicted molar refractivity (Wildman–Crippen MR) is 78.0 cm³/mol. The fourth-order valence-corrected chi connectivity index (χ4v) is 2.11. The summed E-state index contributed by atoms with van der Waals surface area (Å²) in [6.45, 7) is 8.18. The molecular weight excluding hydrogens is 242 g/mol. The first-order chi connectivity index (χ1) is 9.22. The number of nitrogens with one attached hydrogen (secondary N) is 1. The monoisotopic (exact) mass is 273 g/mol. The van der Waals surface area contributed by atoms with Gasteiger partial charge >= 0.3 is 0 Å². The summed E-state index contributed by atoms with van der Waals surface area (Å²) in [6, 6.07) is 0. The van der Waals surface area contributed by atoms with Gasteiger partial charge in [-0.05, 0) is 13.5 Å². The third kappa shape index (κ3) is 8.55. The van der Waals surface area contributed by atoms with Crippen molar-refractivity contribution in [3.05, 3.63) is 0 Å². The second-order valence-corrected chi connectivity index (χ2v) is 5.44. The van der Waals surface area contributed by atoms with Crippen molar-refractivity contribution in [3.63, 3.8) is 0 Å². The first-order valence-electron chi connectivity index (χ1n) is 7.65. The Balaban J connectivity index is 1.91. The normalized spacial score (nSPS) is 19.7. The van der Waals surface area contributed by atoms with Crippen LogP contribution >= 0.6 is 0 Å². The Bertz CT molecular complexity index is 209. The van der Waals surface area contributed by atoms with Gasteiger partial charge in [-0.3, -0.25) is 5.43 Å². The number of likely N-dealkylation sites (N-methyl/N-ethyl adjacent to an activating group) is 1. The van der Waals surface area contributed by atoms with Crippen LogP contribution in [0.4, 0.5) is 0 Å². The van der Waals surface area contributed by atoms with Gasteiger partial charge < -0.3 is 14.7 Å². The quantitative estimate of drug-likeness (QED) is 0.574. The van der Waals surface area contributed by atoms with Crippen LogP contribution in [0.1, 0.15) is 32.6 Å². The van der Waals surface area contributed by atoms with Crippen LogP contribution in [0.15, 0.2) is 0 Å². The number of aliphatic hydroxyl groups is 1. The SMILES string of the molecule is CCCCCCOCC(O)CNN1CCN(C)CC1. The van der Waals surface area contributed by atoms with Crippen LogP contribution in [0, 0.1) is 0 Å². The summed E-state index contributed by atoms with van der Waals surface area (Å²) in [6.07, 6.45) is 4.44. The Morgan fingerprint density at radius 2 is 1.89 bits per heavy atom. The molecule has 19 heavy (non-hydrogen) atoms.